The third-order valence-corrected chi connectivity index (χ3v) is 6.83. The van der Waals surface area contributed by atoms with Crippen LogP contribution in [0.1, 0.15) is 50.8 Å². The molecule has 3 aromatic rings. The van der Waals surface area contributed by atoms with Crippen molar-refractivity contribution in [3.8, 4) is 11.1 Å². The molecule has 0 unspecified atom stereocenters. The van der Waals surface area contributed by atoms with Crippen molar-refractivity contribution in [1.29, 1.82) is 0 Å². The molecule has 3 nitrogen and oxygen atoms in total. The summed E-state index contributed by atoms with van der Waals surface area (Å²) >= 11 is 0. The molecule has 0 amide bonds. The number of nitrogens with one attached hydrogen (secondary N) is 1. The first-order valence-electron chi connectivity index (χ1n) is 10.2. The van der Waals surface area contributed by atoms with Crippen LogP contribution in [0, 0.1) is 0 Å². The fourth-order valence-corrected chi connectivity index (χ4v) is 5.21. The number of aromatic nitrogens is 2. The van der Waals surface area contributed by atoms with E-state index >= 15 is 0 Å². The summed E-state index contributed by atoms with van der Waals surface area (Å²) in [4.78, 5) is 8.94. The smallest absolute Gasteiger partial charge is 0.159 e. The number of anilines is 1. The lowest BCUT2D eigenvalue weighted by Crippen LogP contribution is -2.46. The lowest BCUT2D eigenvalue weighted by atomic mass is 9.66. The fourth-order valence-electron chi connectivity index (χ4n) is 5.21. The zero-order valence-electron chi connectivity index (χ0n) is 17.2. The Morgan fingerprint density at radius 1 is 0.964 bits per heavy atom. The van der Waals surface area contributed by atoms with Crippen LogP contribution in [0.25, 0.3) is 22.2 Å². The van der Waals surface area contributed by atoms with Crippen molar-refractivity contribution in [2.45, 2.75) is 57.9 Å². The number of hydrogen-bond acceptors (Lipinski definition) is 3. The molecule has 2 aliphatic rings. The average Bonchev–Trinajstić information content (AvgIpc) is 3.16. The molecule has 0 saturated carbocycles. The van der Waals surface area contributed by atoms with Crippen LogP contribution >= 0.6 is 0 Å². The van der Waals surface area contributed by atoms with E-state index in [1.807, 2.05) is 18.5 Å². The third kappa shape index (κ3) is 2.28. The Labute approximate surface area is 166 Å². The predicted octanol–water partition coefficient (Wildman–Crippen LogP) is 5.82. The SMILES string of the molecule is C=C1C(C)(C)Nc2c(cc(-c3ccnc4ncccc34)c3c2CCC3)C1(C)C. The van der Waals surface area contributed by atoms with Crippen LogP contribution in [0.4, 0.5) is 5.69 Å². The van der Waals surface area contributed by atoms with Crippen LogP contribution in [0.2, 0.25) is 0 Å². The van der Waals surface area contributed by atoms with Crippen molar-refractivity contribution >= 4 is 16.7 Å². The highest BCUT2D eigenvalue weighted by atomic mass is 15.0. The second-order valence-electron chi connectivity index (χ2n) is 9.24. The van der Waals surface area contributed by atoms with E-state index in [9.17, 15) is 0 Å². The molecule has 5 rings (SSSR count). The number of hydrogen-bond donors (Lipinski definition) is 1. The quantitative estimate of drug-likeness (QED) is 0.549. The summed E-state index contributed by atoms with van der Waals surface area (Å²) in [5, 5.41) is 4.96. The van der Waals surface area contributed by atoms with Gasteiger partial charge in [-0.3, -0.25) is 0 Å². The lowest BCUT2D eigenvalue weighted by molar-refractivity contribution is 0.489. The van der Waals surface area contributed by atoms with Crippen LogP contribution < -0.4 is 5.32 Å². The first-order valence-corrected chi connectivity index (χ1v) is 10.2. The largest absolute Gasteiger partial charge is 0.376 e. The highest BCUT2D eigenvalue weighted by Gasteiger charge is 2.43. The van der Waals surface area contributed by atoms with Gasteiger partial charge in [-0.15, -0.1) is 0 Å². The molecule has 0 radical (unpaired) electrons. The number of rotatable bonds is 1. The molecule has 2 aromatic heterocycles. The highest BCUT2D eigenvalue weighted by molar-refractivity contribution is 5.95. The monoisotopic (exact) mass is 369 g/mol. The molecule has 3 heteroatoms. The molecule has 0 fully saturated rings. The van der Waals surface area contributed by atoms with Gasteiger partial charge in [-0.25, -0.2) is 9.97 Å². The Morgan fingerprint density at radius 2 is 1.71 bits per heavy atom. The zero-order chi connectivity index (χ0) is 19.7. The molecule has 1 N–H and O–H groups in total. The molecule has 0 saturated heterocycles. The van der Waals surface area contributed by atoms with E-state index in [0.29, 0.717) is 0 Å². The van der Waals surface area contributed by atoms with Gasteiger partial charge in [-0.2, -0.15) is 0 Å². The van der Waals surface area contributed by atoms with E-state index in [2.05, 4.69) is 67.8 Å². The van der Waals surface area contributed by atoms with Crippen LogP contribution in [0.3, 0.4) is 0 Å². The predicted molar refractivity (Wildman–Crippen MR) is 117 cm³/mol. The Kier molecular flexibility index (Phi) is 3.52. The number of nitrogens with zero attached hydrogens (tertiary/aromatic N) is 2. The van der Waals surface area contributed by atoms with Gasteiger partial charge in [0.05, 0.1) is 5.54 Å². The minimum Gasteiger partial charge on any atom is -0.376 e. The Morgan fingerprint density at radius 3 is 2.54 bits per heavy atom. The van der Waals surface area contributed by atoms with E-state index in [1.54, 1.807) is 0 Å². The third-order valence-electron chi connectivity index (χ3n) is 6.83. The summed E-state index contributed by atoms with van der Waals surface area (Å²) in [5.41, 5.74) is 10.1. The van der Waals surface area contributed by atoms with Gasteiger partial charge in [0.25, 0.3) is 0 Å². The normalized spacial score (nSPS) is 19.2. The van der Waals surface area contributed by atoms with E-state index in [-0.39, 0.29) is 11.0 Å². The summed E-state index contributed by atoms with van der Waals surface area (Å²) in [7, 11) is 0. The second-order valence-corrected chi connectivity index (χ2v) is 9.24. The molecule has 0 atom stereocenters. The molecule has 1 aliphatic carbocycles. The van der Waals surface area contributed by atoms with Crippen molar-refractivity contribution in [3.05, 3.63) is 65.5 Å². The number of fused-ring (bicyclic) bond motifs is 4. The van der Waals surface area contributed by atoms with Gasteiger partial charge in [-0.05, 0) is 90.8 Å². The maximum Gasteiger partial charge on any atom is 0.159 e. The Hall–Kier alpha value is -2.68. The Bertz CT molecular complexity index is 1130. The maximum absolute atomic E-state index is 4.48. The molecule has 142 valence electrons. The summed E-state index contributed by atoms with van der Waals surface area (Å²) in [6.07, 6.45) is 7.18. The molecular formula is C25H27N3. The standard InChI is InChI=1S/C25H27N3/c1-15-24(2,3)21-14-20(17-11-13-27-23-19(17)10-7-12-26-23)16-8-6-9-18(16)22(21)28-25(15,4)5/h7,10-14,28H,1,6,8-9H2,2-5H3. The zero-order valence-corrected chi connectivity index (χ0v) is 17.2. The topological polar surface area (TPSA) is 37.8 Å². The minimum atomic E-state index is -0.109. The van der Waals surface area contributed by atoms with Gasteiger partial charge in [0.2, 0.25) is 0 Å². The molecule has 0 bridgehead atoms. The fraction of sp³-hybridized carbons (Fsp3) is 0.360. The summed E-state index contributed by atoms with van der Waals surface area (Å²) < 4.78 is 0. The van der Waals surface area contributed by atoms with Gasteiger partial charge < -0.3 is 5.32 Å². The summed E-state index contributed by atoms with van der Waals surface area (Å²) in [6, 6.07) is 8.69. The lowest BCUT2D eigenvalue weighted by Gasteiger charge is -2.47. The van der Waals surface area contributed by atoms with E-state index < -0.39 is 0 Å². The van der Waals surface area contributed by atoms with Crippen molar-refractivity contribution in [2.24, 2.45) is 0 Å². The van der Waals surface area contributed by atoms with Gasteiger partial charge >= 0.3 is 0 Å². The van der Waals surface area contributed by atoms with Crippen LogP contribution in [0.5, 0.6) is 0 Å². The average molecular weight is 370 g/mol. The Balaban J connectivity index is 1.84. The molecule has 28 heavy (non-hydrogen) atoms. The minimum absolute atomic E-state index is 0.0858. The van der Waals surface area contributed by atoms with Crippen molar-refractivity contribution in [2.75, 3.05) is 5.32 Å². The maximum atomic E-state index is 4.48. The highest BCUT2D eigenvalue weighted by Crippen LogP contribution is 2.51. The van der Waals surface area contributed by atoms with Gasteiger partial charge in [0.1, 0.15) is 0 Å². The van der Waals surface area contributed by atoms with Crippen LogP contribution in [-0.4, -0.2) is 15.5 Å². The first kappa shape index (κ1) is 17.4. The summed E-state index contributed by atoms with van der Waals surface area (Å²) in [6.45, 7) is 13.6. The number of benzene rings is 1. The summed E-state index contributed by atoms with van der Waals surface area (Å²) in [5.74, 6) is 0. The molecule has 1 aliphatic heterocycles. The van der Waals surface area contributed by atoms with Crippen molar-refractivity contribution in [3.63, 3.8) is 0 Å². The van der Waals surface area contributed by atoms with Crippen molar-refractivity contribution < 1.29 is 0 Å². The van der Waals surface area contributed by atoms with Crippen LogP contribution in [-0.2, 0) is 18.3 Å². The first-order chi connectivity index (χ1) is 13.3. The van der Waals surface area contributed by atoms with Gasteiger partial charge in [0.15, 0.2) is 5.65 Å². The van der Waals surface area contributed by atoms with Crippen molar-refractivity contribution in [1.82, 2.24) is 9.97 Å². The van der Waals surface area contributed by atoms with E-state index in [0.717, 1.165) is 23.9 Å². The van der Waals surface area contributed by atoms with Gasteiger partial charge in [0, 0.05) is 28.9 Å². The van der Waals surface area contributed by atoms with E-state index in [1.165, 1.54) is 45.5 Å². The van der Waals surface area contributed by atoms with Gasteiger partial charge in [-0.1, -0.05) is 20.4 Å². The van der Waals surface area contributed by atoms with Crippen LogP contribution in [0.15, 0.2) is 48.8 Å². The molecule has 0 spiro atoms. The van der Waals surface area contributed by atoms with E-state index in [4.69, 9.17) is 0 Å². The molecule has 3 heterocycles. The second kappa shape index (κ2) is 5.66. The number of pyridine rings is 2. The molecular weight excluding hydrogens is 342 g/mol. The molecule has 1 aromatic carbocycles.